The topological polar surface area (TPSA) is 12.5 Å². The van der Waals surface area contributed by atoms with Crippen molar-refractivity contribution in [1.29, 1.82) is 0 Å². The summed E-state index contributed by atoms with van der Waals surface area (Å²) in [7, 11) is 0. The van der Waals surface area contributed by atoms with E-state index in [2.05, 4.69) is 33.8 Å². The zero-order chi connectivity index (χ0) is 12.3. The van der Waals surface area contributed by atoms with Crippen molar-refractivity contribution in [2.24, 2.45) is 0 Å². The Morgan fingerprint density at radius 2 is 2.18 bits per heavy atom. The lowest BCUT2D eigenvalue weighted by Gasteiger charge is -2.36. The summed E-state index contributed by atoms with van der Waals surface area (Å²) in [4.78, 5) is 2.40. The lowest BCUT2D eigenvalue weighted by atomic mass is 10.1. The molecule has 2 rings (SSSR count). The number of ether oxygens (including phenoxy) is 1. The molecule has 2 unspecified atom stereocenters. The smallest absolute Gasteiger partial charge is 0.0802 e. The predicted octanol–water partition coefficient (Wildman–Crippen LogP) is 3.32. The van der Waals surface area contributed by atoms with E-state index in [0.717, 1.165) is 30.0 Å². The second kappa shape index (κ2) is 6.19. The molecule has 0 aromatic heterocycles. The molecular formula is C13H17BrClNO. The summed E-state index contributed by atoms with van der Waals surface area (Å²) in [6.45, 7) is 4.95. The van der Waals surface area contributed by atoms with Crippen molar-refractivity contribution in [3.8, 4) is 0 Å². The predicted molar refractivity (Wildman–Crippen MR) is 74.9 cm³/mol. The van der Waals surface area contributed by atoms with Crippen LogP contribution in [0.2, 0.25) is 5.02 Å². The van der Waals surface area contributed by atoms with Gasteiger partial charge in [-0.2, -0.15) is 0 Å². The Balaban J connectivity index is 2.01. The maximum absolute atomic E-state index is 6.18. The van der Waals surface area contributed by atoms with Crippen LogP contribution in [0.1, 0.15) is 12.5 Å². The fraction of sp³-hybridized carbons (Fsp3) is 0.538. The monoisotopic (exact) mass is 317 g/mol. The van der Waals surface area contributed by atoms with Gasteiger partial charge in [0.25, 0.3) is 0 Å². The Labute approximate surface area is 116 Å². The van der Waals surface area contributed by atoms with Crippen molar-refractivity contribution in [3.63, 3.8) is 0 Å². The molecule has 17 heavy (non-hydrogen) atoms. The van der Waals surface area contributed by atoms with Crippen LogP contribution in [0.5, 0.6) is 0 Å². The lowest BCUT2D eigenvalue weighted by Crippen LogP contribution is -2.46. The van der Waals surface area contributed by atoms with Crippen molar-refractivity contribution in [3.05, 3.63) is 34.9 Å². The number of benzene rings is 1. The minimum absolute atomic E-state index is 0.279. The van der Waals surface area contributed by atoms with E-state index in [-0.39, 0.29) is 12.2 Å². The quantitative estimate of drug-likeness (QED) is 0.793. The van der Waals surface area contributed by atoms with E-state index in [1.54, 1.807) is 0 Å². The van der Waals surface area contributed by atoms with Crippen LogP contribution in [0.3, 0.4) is 0 Å². The molecule has 0 radical (unpaired) electrons. The summed E-state index contributed by atoms with van der Waals surface area (Å²) in [6, 6.07) is 8.04. The molecular weight excluding hydrogens is 302 g/mol. The first-order valence-corrected chi connectivity index (χ1v) is 7.36. The highest BCUT2D eigenvalue weighted by atomic mass is 79.9. The number of hydrogen-bond acceptors (Lipinski definition) is 2. The summed E-state index contributed by atoms with van der Waals surface area (Å²) < 4.78 is 5.81. The molecule has 1 aliphatic heterocycles. The molecule has 0 amide bonds. The molecule has 0 aliphatic carbocycles. The van der Waals surface area contributed by atoms with Crippen LogP contribution in [0.15, 0.2) is 24.3 Å². The van der Waals surface area contributed by atoms with Gasteiger partial charge in [0.2, 0.25) is 0 Å². The Bertz CT molecular complexity index is 374. The molecule has 4 heteroatoms. The van der Waals surface area contributed by atoms with Gasteiger partial charge >= 0.3 is 0 Å². The van der Waals surface area contributed by atoms with Crippen molar-refractivity contribution in [1.82, 2.24) is 4.90 Å². The lowest BCUT2D eigenvalue weighted by molar-refractivity contribution is -0.0677. The molecule has 0 spiro atoms. The van der Waals surface area contributed by atoms with Crippen LogP contribution in [0.25, 0.3) is 0 Å². The van der Waals surface area contributed by atoms with E-state index in [0.29, 0.717) is 0 Å². The SMILES string of the molecule is CC1CN(Cc2ccccc2Cl)CC(CBr)O1. The van der Waals surface area contributed by atoms with E-state index in [1.165, 1.54) is 5.56 Å². The van der Waals surface area contributed by atoms with E-state index in [9.17, 15) is 0 Å². The van der Waals surface area contributed by atoms with Crippen LogP contribution in [-0.4, -0.2) is 35.5 Å². The molecule has 1 heterocycles. The van der Waals surface area contributed by atoms with Crippen LogP contribution in [-0.2, 0) is 11.3 Å². The van der Waals surface area contributed by atoms with Crippen molar-refractivity contribution >= 4 is 27.5 Å². The Morgan fingerprint density at radius 3 is 2.88 bits per heavy atom. The number of alkyl halides is 1. The second-order valence-electron chi connectivity index (χ2n) is 4.51. The maximum Gasteiger partial charge on any atom is 0.0802 e. The summed E-state index contributed by atoms with van der Waals surface area (Å²) in [5.41, 5.74) is 1.19. The van der Waals surface area contributed by atoms with Crippen LogP contribution in [0, 0.1) is 0 Å². The summed E-state index contributed by atoms with van der Waals surface area (Å²) in [5, 5.41) is 1.73. The van der Waals surface area contributed by atoms with Gasteiger partial charge in [-0.1, -0.05) is 45.7 Å². The van der Waals surface area contributed by atoms with Gasteiger partial charge in [0.15, 0.2) is 0 Å². The summed E-state index contributed by atoms with van der Waals surface area (Å²) in [6.07, 6.45) is 0.565. The highest BCUT2D eigenvalue weighted by molar-refractivity contribution is 9.09. The van der Waals surface area contributed by atoms with Gasteiger partial charge in [0.05, 0.1) is 12.2 Å². The highest BCUT2D eigenvalue weighted by Gasteiger charge is 2.24. The first kappa shape index (κ1) is 13.3. The van der Waals surface area contributed by atoms with Crippen molar-refractivity contribution < 1.29 is 4.74 Å². The second-order valence-corrected chi connectivity index (χ2v) is 5.56. The Hall–Kier alpha value is -0.0900. The van der Waals surface area contributed by atoms with Gasteiger partial charge in [-0.25, -0.2) is 0 Å². The fourth-order valence-electron chi connectivity index (χ4n) is 2.22. The minimum Gasteiger partial charge on any atom is -0.372 e. The van der Waals surface area contributed by atoms with Gasteiger partial charge < -0.3 is 4.74 Å². The average molecular weight is 319 g/mol. The fourth-order valence-corrected chi connectivity index (χ4v) is 2.78. The maximum atomic E-state index is 6.18. The number of morpholine rings is 1. The normalized spacial score (nSPS) is 26.1. The van der Waals surface area contributed by atoms with E-state index >= 15 is 0 Å². The van der Waals surface area contributed by atoms with Crippen LogP contribution in [0.4, 0.5) is 0 Å². The van der Waals surface area contributed by atoms with Crippen LogP contribution < -0.4 is 0 Å². The molecule has 2 nitrogen and oxygen atoms in total. The summed E-state index contributed by atoms with van der Waals surface area (Å²) in [5.74, 6) is 0. The molecule has 1 saturated heterocycles. The largest absolute Gasteiger partial charge is 0.372 e. The summed E-state index contributed by atoms with van der Waals surface area (Å²) >= 11 is 9.67. The number of nitrogens with zero attached hydrogens (tertiary/aromatic N) is 1. The molecule has 2 atom stereocenters. The van der Waals surface area contributed by atoms with Crippen molar-refractivity contribution in [2.45, 2.75) is 25.7 Å². The van der Waals surface area contributed by atoms with E-state index in [1.807, 2.05) is 18.2 Å². The van der Waals surface area contributed by atoms with E-state index < -0.39 is 0 Å². The number of rotatable bonds is 3. The van der Waals surface area contributed by atoms with Gasteiger partial charge in [-0.3, -0.25) is 4.90 Å². The third-order valence-electron chi connectivity index (χ3n) is 2.93. The molecule has 1 aromatic carbocycles. The molecule has 94 valence electrons. The minimum atomic E-state index is 0.279. The standard InChI is InChI=1S/C13H17BrClNO/c1-10-7-16(9-12(6-14)17-10)8-11-4-2-3-5-13(11)15/h2-5,10,12H,6-9H2,1H3. The van der Waals surface area contributed by atoms with Crippen LogP contribution >= 0.6 is 27.5 Å². The molecule has 0 saturated carbocycles. The Kier molecular flexibility index (Phi) is 4.86. The average Bonchev–Trinajstić information content (AvgIpc) is 2.31. The molecule has 0 N–H and O–H groups in total. The van der Waals surface area contributed by atoms with Gasteiger partial charge in [-0.15, -0.1) is 0 Å². The molecule has 1 aliphatic rings. The zero-order valence-electron chi connectivity index (χ0n) is 9.90. The van der Waals surface area contributed by atoms with Crippen molar-refractivity contribution in [2.75, 3.05) is 18.4 Å². The van der Waals surface area contributed by atoms with Gasteiger partial charge in [-0.05, 0) is 18.6 Å². The number of halogens is 2. The Morgan fingerprint density at radius 1 is 1.41 bits per heavy atom. The first-order valence-electron chi connectivity index (χ1n) is 5.86. The number of hydrogen-bond donors (Lipinski definition) is 0. The third-order valence-corrected chi connectivity index (χ3v) is 4.02. The first-order chi connectivity index (χ1) is 8.19. The zero-order valence-corrected chi connectivity index (χ0v) is 12.2. The molecule has 1 aromatic rings. The molecule has 0 bridgehead atoms. The highest BCUT2D eigenvalue weighted by Crippen LogP contribution is 2.20. The van der Waals surface area contributed by atoms with Gasteiger partial charge in [0, 0.05) is 30.0 Å². The molecule has 1 fully saturated rings. The van der Waals surface area contributed by atoms with Gasteiger partial charge in [0.1, 0.15) is 0 Å². The van der Waals surface area contributed by atoms with E-state index in [4.69, 9.17) is 16.3 Å². The third kappa shape index (κ3) is 3.68.